The Morgan fingerprint density at radius 3 is 2.88 bits per heavy atom. The summed E-state index contributed by atoms with van der Waals surface area (Å²) in [7, 11) is 1.53. The summed E-state index contributed by atoms with van der Waals surface area (Å²) in [5.74, 6) is -0.463. The quantitative estimate of drug-likeness (QED) is 0.767. The van der Waals surface area contributed by atoms with Gasteiger partial charge in [0.25, 0.3) is 5.56 Å². The topological polar surface area (TPSA) is 57.5 Å². The molecule has 17 heavy (non-hydrogen) atoms. The van der Waals surface area contributed by atoms with Gasteiger partial charge in [0.15, 0.2) is 0 Å². The van der Waals surface area contributed by atoms with E-state index in [9.17, 15) is 9.59 Å². The third-order valence-corrected chi connectivity index (χ3v) is 2.45. The van der Waals surface area contributed by atoms with Crippen molar-refractivity contribution in [2.75, 3.05) is 13.7 Å². The number of halogens is 1. The number of hydrogen-bond donors (Lipinski definition) is 0. The molecule has 0 spiro atoms. The largest absolute Gasteiger partial charge is 0.459 e. The minimum absolute atomic E-state index is 0.105. The smallest absolute Gasteiger partial charge is 0.326 e. The Labute approximate surface area is 107 Å². The molecule has 1 heterocycles. The van der Waals surface area contributed by atoms with Crippen LogP contribution in [0, 0.1) is 0 Å². The first kappa shape index (κ1) is 13.9. The van der Waals surface area contributed by atoms with Gasteiger partial charge < -0.3 is 14.0 Å². The number of pyridine rings is 1. The zero-order valence-electron chi connectivity index (χ0n) is 9.68. The molecule has 6 heteroatoms. The van der Waals surface area contributed by atoms with Gasteiger partial charge in [-0.25, -0.2) is 0 Å². The van der Waals surface area contributed by atoms with Crippen LogP contribution in [-0.4, -0.2) is 30.4 Å². The Kier molecular flexibility index (Phi) is 5.37. The van der Waals surface area contributed by atoms with Crippen LogP contribution in [0.5, 0.6) is 0 Å². The van der Waals surface area contributed by atoms with Crippen molar-refractivity contribution in [2.45, 2.75) is 19.6 Å². The molecule has 0 saturated heterocycles. The van der Waals surface area contributed by atoms with E-state index in [1.165, 1.54) is 17.7 Å². The number of carbonyl (C=O) groups excluding carboxylic acids is 1. The second-order valence-electron chi connectivity index (χ2n) is 3.57. The molecular weight excluding hydrogens is 290 g/mol. The highest BCUT2D eigenvalue weighted by Gasteiger charge is 2.10. The van der Waals surface area contributed by atoms with Crippen LogP contribution in [0.1, 0.15) is 6.92 Å². The zero-order valence-corrected chi connectivity index (χ0v) is 11.3. The van der Waals surface area contributed by atoms with Crippen molar-refractivity contribution >= 4 is 21.9 Å². The lowest BCUT2D eigenvalue weighted by Crippen LogP contribution is -2.27. The summed E-state index contributed by atoms with van der Waals surface area (Å²) in [5, 5.41) is 0. The van der Waals surface area contributed by atoms with Gasteiger partial charge in [-0.1, -0.05) is 0 Å². The van der Waals surface area contributed by atoms with Gasteiger partial charge in [0.1, 0.15) is 12.6 Å². The molecule has 0 N–H and O–H groups in total. The van der Waals surface area contributed by atoms with E-state index in [-0.39, 0.29) is 18.2 Å². The minimum atomic E-state index is -0.463. The van der Waals surface area contributed by atoms with Crippen LogP contribution < -0.4 is 5.56 Å². The van der Waals surface area contributed by atoms with Gasteiger partial charge in [-0.15, -0.1) is 0 Å². The molecule has 5 nitrogen and oxygen atoms in total. The maximum absolute atomic E-state index is 11.5. The summed E-state index contributed by atoms with van der Waals surface area (Å²) in [5.41, 5.74) is -0.246. The molecule has 0 aliphatic carbocycles. The first-order valence-corrected chi connectivity index (χ1v) is 5.86. The lowest BCUT2D eigenvalue weighted by Gasteiger charge is -2.12. The van der Waals surface area contributed by atoms with Gasteiger partial charge in [0, 0.05) is 23.8 Å². The fourth-order valence-electron chi connectivity index (χ4n) is 1.30. The Bertz CT molecular complexity index is 443. The molecule has 1 unspecified atom stereocenters. The monoisotopic (exact) mass is 303 g/mol. The van der Waals surface area contributed by atoms with E-state index in [1.54, 1.807) is 19.2 Å². The summed E-state index contributed by atoms with van der Waals surface area (Å²) >= 11 is 3.23. The van der Waals surface area contributed by atoms with E-state index in [1.807, 2.05) is 0 Å². The summed E-state index contributed by atoms with van der Waals surface area (Å²) in [6.07, 6.45) is 1.22. The average Bonchev–Trinajstić information content (AvgIpc) is 2.23. The summed E-state index contributed by atoms with van der Waals surface area (Å²) < 4.78 is 11.9. The summed E-state index contributed by atoms with van der Waals surface area (Å²) in [6.45, 7) is 1.95. The molecule has 0 aromatic carbocycles. The number of aromatic nitrogens is 1. The normalized spacial score (nSPS) is 12.2. The molecule has 0 fully saturated rings. The third kappa shape index (κ3) is 4.70. The molecule has 0 aliphatic rings. The van der Waals surface area contributed by atoms with Crippen molar-refractivity contribution in [3.05, 3.63) is 33.2 Å². The number of esters is 1. The van der Waals surface area contributed by atoms with Crippen LogP contribution in [0.25, 0.3) is 0 Å². The van der Waals surface area contributed by atoms with Gasteiger partial charge in [-0.05, 0) is 28.9 Å². The molecule has 0 aliphatic heterocycles. The Morgan fingerprint density at radius 1 is 1.53 bits per heavy atom. The molecule has 1 aromatic rings. The average molecular weight is 304 g/mol. The standard InChI is InChI=1S/C11H14BrNO4/c1-8(7-16-2)17-11(15)6-13-5-9(12)3-4-10(13)14/h3-5,8H,6-7H2,1-2H3. The number of methoxy groups -OCH3 is 1. The van der Waals surface area contributed by atoms with Gasteiger partial charge in [-0.2, -0.15) is 0 Å². The maximum atomic E-state index is 11.5. The van der Waals surface area contributed by atoms with Crippen LogP contribution in [-0.2, 0) is 20.8 Å². The predicted octanol–water partition coefficient (Wildman–Crippen LogP) is 1.19. The highest BCUT2D eigenvalue weighted by Crippen LogP contribution is 2.05. The van der Waals surface area contributed by atoms with E-state index < -0.39 is 5.97 Å². The SMILES string of the molecule is COCC(C)OC(=O)Cn1cc(Br)ccc1=O. The lowest BCUT2D eigenvalue weighted by molar-refractivity contribution is -0.151. The number of ether oxygens (including phenoxy) is 2. The van der Waals surface area contributed by atoms with Crippen molar-refractivity contribution in [3.63, 3.8) is 0 Å². The van der Waals surface area contributed by atoms with Crippen molar-refractivity contribution in [2.24, 2.45) is 0 Å². The van der Waals surface area contributed by atoms with Gasteiger partial charge in [-0.3, -0.25) is 9.59 Å². The van der Waals surface area contributed by atoms with Crippen molar-refractivity contribution in [3.8, 4) is 0 Å². The van der Waals surface area contributed by atoms with Crippen molar-refractivity contribution in [1.82, 2.24) is 4.57 Å². The minimum Gasteiger partial charge on any atom is -0.459 e. The van der Waals surface area contributed by atoms with Crippen molar-refractivity contribution in [1.29, 1.82) is 0 Å². The van der Waals surface area contributed by atoms with E-state index in [0.717, 1.165) is 4.47 Å². The van der Waals surface area contributed by atoms with E-state index >= 15 is 0 Å². The number of nitrogens with zero attached hydrogens (tertiary/aromatic N) is 1. The highest BCUT2D eigenvalue weighted by molar-refractivity contribution is 9.10. The predicted molar refractivity (Wildman–Crippen MR) is 65.8 cm³/mol. The number of carbonyl (C=O) groups is 1. The molecule has 1 atom stereocenters. The first-order valence-electron chi connectivity index (χ1n) is 5.07. The second-order valence-corrected chi connectivity index (χ2v) is 4.48. The van der Waals surface area contributed by atoms with E-state index in [4.69, 9.17) is 9.47 Å². The van der Waals surface area contributed by atoms with Crippen LogP contribution in [0.3, 0.4) is 0 Å². The van der Waals surface area contributed by atoms with Gasteiger partial charge >= 0.3 is 5.97 Å². The summed E-state index contributed by atoms with van der Waals surface area (Å²) in [6, 6.07) is 3.01. The maximum Gasteiger partial charge on any atom is 0.326 e. The molecule has 0 bridgehead atoms. The van der Waals surface area contributed by atoms with E-state index in [0.29, 0.717) is 6.61 Å². The van der Waals surface area contributed by atoms with Gasteiger partial charge in [0.05, 0.1) is 6.61 Å². The van der Waals surface area contributed by atoms with Crippen LogP contribution in [0.4, 0.5) is 0 Å². The number of hydrogen-bond acceptors (Lipinski definition) is 4. The Balaban J connectivity index is 2.62. The Morgan fingerprint density at radius 2 is 2.24 bits per heavy atom. The summed E-state index contributed by atoms with van der Waals surface area (Å²) in [4.78, 5) is 22.9. The third-order valence-electron chi connectivity index (χ3n) is 1.98. The van der Waals surface area contributed by atoms with Crippen LogP contribution >= 0.6 is 15.9 Å². The van der Waals surface area contributed by atoms with Gasteiger partial charge in [0.2, 0.25) is 0 Å². The fourth-order valence-corrected chi connectivity index (χ4v) is 1.67. The molecule has 0 saturated carbocycles. The molecule has 0 radical (unpaired) electrons. The van der Waals surface area contributed by atoms with E-state index in [2.05, 4.69) is 15.9 Å². The van der Waals surface area contributed by atoms with Crippen LogP contribution in [0.2, 0.25) is 0 Å². The highest BCUT2D eigenvalue weighted by atomic mass is 79.9. The fraction of sp³-hybridized carbons (Fsp3) is 0.455. The number of rotatable bonds is 5. The molecule has 1 aromatic heterocycles. The molecule has 0 amide bonds. The molecule has 1 rings (SSSR count). The molecular formula is C11H14BrNO4. The first-order chi connectivity index (χ1) is 8.02. The Hall–Kier alpha value is -1.14. The van der Waals surface area contributed by atoms with Crippen molar-refractivity contribution < 1.29 is 14.3 Å². The lowest BCUT2D eigenvalue weighted by atomic mass is 10.4. The zero-order chi connectivity index (χ0) is 12.8. The van der Waals surface area contributed by atoms with Crippen LogP contribution in [0.15, 0.2) is 27.6 Å². The second kappa shape index (κ2) is 6.56. The molecule has 94 valence electrons.